The second kappa shape index (κ2) is 27.3. The van der Waals surface area contributed by atoms with Crippen molar-refractivity contribution in [1.82, 2.24) is 25.3 Å². The van der Waals surface area contributed by atoms with E-state index in [9.17, 15) is 24.0 Å². The van der Waals surface area contributed by atoms with E-state index in [-0.39, 0.29) is 78.8 Å². The van der Waals surface area contributed by atoms with Crippen LogP contribution in [0.1, 0.15) is 100.0 Å². The van der Waals surface area contributed by atoms with Gasteiger partial charge in [0.25, 0.3) is 0 Å². The topological polar surface area (TPSA) is 138 Å². The predicted octanol–water partition coefficient (Wildman–Crippen LogP) is 5.36. The summed E-state index contributed by atoms with van der Waals surface area (Å²) in [5.74, 6) is -1.64. The van der Waals surface area contributed by atoms with E-state index in [1.54, 1.807) is 44.7 Å². The van der Waals surface area contributed by atoms with Crippen molar-refractivity contribution in [1.29, 1.82) is 0 Å². The van der Waals surface area contributed by atoms with E-state index < -0.39 is 24.2 Å². The largest absolute Gasteiger partial charge is 0.379 e. The van der Waals surface area contributed by atoms with Crippen LogP contribution < -0.4 is 10.6 Å². The highest BCUT2D eigenvalue weighted by Gasteiger charge is 2.42. The first-order valence-corrected chi connectivity index (χ1v) is 20.2. The minimum atomic E-state index is -0.590. The van der Waals surface area contributed by atoms with E-state index in [2.05, 4.69) is 43.5 Å². The number of likely N-dealkylation sites (tertiary alicyclic amines) is 1. The van der Waals surface area contributed by atoms with Crippen molar-refractivity contribution in [3.63, 3.8) is 0 Å². The van der Waals surface area contributed by atoms with Crippen molar-refractivity contribution in [2.45, 2.75) is 132 Å². The lowest BCUT2D eigenvalue weighted by Gasteiger charge is -2.39. The van der Waals surface area contributed by atoms with E-state index in [1.165, 1.54) is 19.1 Å². The van der Waals surface area contributed by atoms with Gasteiger partial charge >= 0.3 is 0 Å². The number of rotatable bonds is 19. The van der Waals surface area contributed by atoms with Crippen LogP contribution >= 0.6 is 0 Å². The fourth-order valence-corrected chi connectivity index (χ4v) is 6.92. The number of ketones is 1. The van der Waals surface area contributed by atoms with Crippen LogP contribution in [-0.4, -0.2) is 129 Å². The lowest BCUT2D eigenvalue weighted by atomic mass is 9.90. The van der Waals surface area contributed by atoms with Gasteiger partial charge in [-0.05, 0) is 45.7 Å². The molecule has 0 saturated carbocycles. The molecule has 0 aliphatic carbocycles. The zero-order valence-corrected chi connectivity index (χ0v) is 36.9. The number of carbonyl (C=O) groups excluding carboxylic acids is 5. The maximum absolute atomic E-state index is 13.8. The van der Waals surface area contributed by atoms with E-state index in [0.29, 0.717) is 13.0 Å². The van der Waals surface area contributed by atoms with Gasteiger partial charge in [0.05, 0.1) is 55.8 Å². The summed E-state index contributed by atoms with van der Waals surface area (Å²) >= 11 is 0. The third kappa shape index (κ3) is 17.5. The minimum absolute atomic E-state index is 0.0101. The Morgan fingerprint density at radius 1 is 0.855 bits per heavy atom. The van der Waals surface area contributed by atoms with Crippen LogP contribution in [0.15, 0.2) is 30.3 Å². The number of likely N-dealkylation sites (N-methyl/N-ethyl adjacent to an activating group) is 2. The lowest BCUT2D eigenvalue weighted by molar-refractivity contribution is -0.146. The summed E-state index contributed by atoms with van der Waals surface area (Å²) in [6, 6.07) is 9.17. The van der Waals surface area contributed by atoms with Gasteiger partial charge in [-0.3, -0.25) is 28.9 Å². The quantitative estimate of drug-likeness (QED) is 0.192. The number of hydrogen-bond donors (Lipinski definition) is 2. The molecule has 1 aromatic rings. The second-order valence-corrected chi connectivity index (χ2v) is 15.7. The molecule has 2 N–H and O–H groups in total. The highest BCUT2D eigenvalue weighted by atomic mass is 16.5. The van der Waals surface area contributed by atoms with Crippen molar-refractivity contribution < 1.29 is 33.4 Å². The summed E-state index contributed by atoms with van der Waals surface area (Å²) in [4.78, 5) is 70.2. The summed E-state index contributed by atoms with van der Waals surface area (Å²) in [6.07, 6.45) is 2.35. The molecule has 316 valence electrons. The molecule has 0 bridgehead atoms. The number of ether oxygens (including phenoxy) is 2. The number of methoxy groups -OCH3 is 2. The number of nitrogens with one attached hydrogen (secondary N) is 2. The predicted molar refractivity (Wildman–Crippen MR) is 221 cm³/mol. The Morgan fingerprint density at radius 3 is 1.85 bits per heavy atom. The molecule has 55 heavy (non-hydrogen) atoms. The Kier molecular flexibility index (Phi) is 25.6. The first-order chi connectivity index (χ1) is 25.8. The standard InChI is InChI=1S/C33H61N5O7.C7H8.C3H8/c1-13-22(6)30(37(10)28(41)19-35-33(43)29(21(4)5)36(8)9)26(44-11)17-27(40)38-16-14-15-24(38)31(45-12)23(7)32(42)34-18-25(39)20(2)3;1-7-5-3-2-4-6-7;1-3-2/h20-24,26,29-31H,13-19H2,1-12H3,(H,34,42)(H,35,43);2-6H,1H3;3H2,1-2H3. The molecule has 1 aliphatic rings. The average molecular weight is 776 g/mol. The van der Waals surface area contributed by atoms with Gasteiger partial charge in [-0.2, -0.15) is 0 Å². The summed E-state index contributed by atoms with van der Waals surface area (Å²) in [7, 11) is 8.44. The Hall–Kier alpha value is -3.35. The Morgan fingerprint density at radius 2 is 1.42 bits per heavy atom. The van der Waals surface area contributed by atoms with Gasteiger partial charge < -0.3 is 29.9 Å². The zero-order valence-electron chi connectivity index (χ0n) is 36.9. The fourth-order valence-electron chi connectivity index (χ4n) is 6.92. The maximum atomic E-state index is 13.8. The third-order valence-corrected chi connectivity index (χ3v) is 10.2. The lowest BCUT2D eigenvalue weighted by Crippen LogP contribution is -2.55. The van der Waals surface area contributed by atoms with Crippen molar-refractivity contribution in [2.75, 3.05) is 55.0 Å². The number of amides is 4. The number of carbonyl (C=O) groups is 5. The van der Waals surface area contributed by atoms with Crippen LogP contribution in [0.3, 0.4) is 0 Å². The molecule has 7 unspecified atom stereocenters. The van der Waals surface area contributed by atoms with Gasteiger partial charge in [0.15, 0.2) is 5.78 Å². The molecule has 7 atom stereocenters. The summed E-state index contributed by atoms with van der Waals surface area (Å²) < 4.78 is 11.7. The van der Waals surface area contributed by atoms with Gasteiger partial charge in [0.1, 0.15) is 0 Å². The molecular formula is C43H77N5O7. The second-order valence-electron chi connectivity index (χ2n) is 15.7. The molecule has 0 spiro atoms. The molecule has 1 heterocycles. The fraction of sp³-hybridized carbons (Fsp3) is 0.744. The molecule has 2 rings (SSSR count). The highest BCUT2D eigenvalue weighted by molar-refractivity contribution is 5.88. The number of Topliss-reactive ketones (excluding diaryl/α,β-unsaturated/α-hetero) is 1. The van der Waals surface area contributed by atoms with Crippen molar-refractivity contribution >= 4 is 29.4 Å². The monoisotopic (exact) mass is 776 g/mol. The Bertz CT molecular complexity index is 1270. The first kappa shape index (κ1) is 51.6. The van der Waals surface area contributed by atoms with Crippen molar-refractivity contribution in [3.8, 4) is 0 Å². The van der Waals surface area contributed by atoms with E-state index in [0.717, 1.165) is 12.8 Å². The number of aryl methyl sites for hydroxylation is 1. The molecule has 1 aromatic carbocycles. The van der Waals surface area contributed by atoms with Gasteiger partial charge in [-0.15, -0.1) is 0 Å². The van der Waals surface area contributed by atoms with Gasteiger partial charge in [-0.25, -0.2) is 0 Å². The Balaban J connectivity index is 0.00000253. The third-order valence-electron chi connectivity index (χ3n) is 10.2. The number of hydrogen-bond acceptors (Lipinski definition) is 8. The summed E-state index contributed by atoms with van der Waals surface area (Å²) in [5.41, 5.74) is 1.32. The van der Waals surface area contributed by atoms with Gasteiger partial charge in [0, 0.05) is 33.7 Å². The molecule has 0 radical (unpaired) electrons. The van der Waals surface area contributed by atoms with E-state index in [1.807, 2.05) is 64.9 Å². The highest BCUT2D eigenvalue weighted by Crippen LogP contribution is 2.29. The molecule has 12 nitrogen and oxygen atoms in total. The normalized spacial score (nSPS) is 17.1. The summed E-state index contributed by atoms with van der Waals surface area (Å²) in [5, 5.41) is 5.51. The van der Waals surface area contributed by atoms with Crippen LogP contribution in [0.4, 0.5) is 0 Å². The van der Waals surface area contributed by atoms with Crippen LogP contribution in [0.5, 0.6) is 0 Å². The molecule has 1 fully saturated rings. The molecule has 4 amide bonds. The van der Waals surface area contributed by atoms with Gasteiger partial charge in [-0.1, -0.05) is 111 Å². The maximum Gasteiger partial charge on any atom is 0.242 e. The minimum Gasteiger partial charge on any atom is -0.379 e. The molecule has 12 heteroatoms. The zero-order chi connectivity index (χ0) is 42.4. The Labute approximate surface area is 333 Å². The SMILES string of the molecule is CCC.CCC(C)C(C(CC(=O)N1CCCC1C(OC)C(C)C(=O)NCC(=O)C(C)C)OC)N(C)C(=O)CNC(=O)C(C(C)C)N(C)C.Cc1ccccc1. The molecule has 0 aromatic heterocycles. The number of benzene rings is 1. The van der Waals surface area contributed by atoms with Crippen LogP contribution in [0, 0.1) is 30.6 Å². The van der Waals surface area contributed by atoms with Crippen molar-refractivity contribution in [2.24, 2.45) is 23.7 Å². The summed E-state index contributed by atoms with van der Waals surface area (Å²) in [6.45, 7) is 20.0. The smallest absolute Gasteiger partial charge is 0.242 e. The number of nitrogens with zero attached hydrogens (tertiary/aromatic N) is 3. The molecular weight excluding hydrogens is 699 g/mol. The van der Waals surface area contributed by atoms with Gasteiger partial charge in [0.2, 0.25) is 23.6 Å². The van der Waals surface area contributed by atoms with E-state index >= 15 is 0 Å². The first-order valence-electron chi connectivity index (χ1n) is 20.2. The van der Waals surface area contributed by atoms with Crippen LogP contribution in [-0.2, 0) is 33.4 Å². The molecule has 1 aliphatic heterocycles. The molecule has 1 saturated heterocycles. The van der Waals surface area contributed by atoms with Crippen molar-refractivity contribution in [3.05, 3.63) is 35.9 Å². The van der Waals surface area contributed by atoms with Crippen LogP contribution in [0.25, 0.3) is 0 Å². The van der Waals surface area contributed by atoms with E-state index in [4.69, 9.17) is 9.47 Å². The average Bonchev–Trinajstić information content (AvgIpc) is 3.62. The van der Waals surface area contributed by atoms with Crippen LogP contribution in [0.2, 0.25) is 0 Å².